The Morgan fingerprint density at radius 1 is 0.935 bits per heavy atom. The zero-order valence-corrected chi connectivity index (χ0v) is 18.4. The molecule has 0 bridgehead atoms. The molecule has 5 nitrogen and oxygen atoms in total. The number of pyridine rings is 2. The monoisotopic (exact) mass is 470 g/mol. The Balaban J connectivity index is 1.63. The summed E-state index contributed by atoms with van der Waals surface area (Å²) < 4.78 is 6.39. The highest BCUT2D eigenvalue weighted by Gasteiger charge is 2.17. The lowest BCUT2D eigenvalue weighted by atomic mass is 10.1. The van der Waals surface area contributed by atoms with E-state index in [1.165, 1.54) is 5.56 Å². The number of fused-ring (bicyclic) bond motifs is 1. The fourth-order valence-corrected chi connectivity index (χ4v) is 3.85. The average molecular weight is 471 g/mol. The van der Waals surface area contributed by atoms with E-state index in [9.17, 15) is 0 Å². The molecular weight excluding hydrogens is 452 g/mol. The first-order valence-corrected chi connectivity index (χ1v) is 10.7. The number of imidazole rings is 1. The number of hydrogen-bond acceptors (Lipinski definition) is 4. The van der Waals surface area contributed by atoms with Crippen molar-refractivity contribution >= 4 is 26.8 Å². The van der Waals surface area contributed by atoms with E-state index in [4.69, 9.17) is 9.72 Å². The van der Waals surface area contributed by atoms with Gasteiger partial charge in [-0.1, -0.05) is 46.3 Å². The van der Waals surface area contributed by atoms with E-state index in [2.05, 4.69) is 61.2 Å². The number of aromatic amines is 1. The van der Waals surface area contributed by atoms with E-state index >= 15 is 0 Å². The predicted molar refractivity (Wildman–Crippen MR) is 126 cm³/mol. The second-order valence-corrected chi connectivity index (χ2v) is 8.10. The van der Waals surface area contributed by atoms with Crippen LogP contribution < -0.4 is 4.74 Å². The van der Waals surface area contributed by atoms with Crippen molar-refractivity contribution in [2.75, 3.05) is 7.11 Å². The lowest BCUT2D eigenvalue weighted by Gasteiger charge is -2.05. The fourth-order valence-electron chi connectivity index (χ4n) is 3.59. The third-order valence-corrected chi connectivity index (χ3v) is 5.63. The summed E-state index contributed by atoms with van der Waals surface area (Å²) in [5.41, 5.74) is 5.66. The van der Waals surface area contributed by atoms with Crippen LogP contribution in [0.1, 0.15) is 11.4 Å². The smallest absolute Gasteiger partial charge is 0.213 e. The van der Waals surface area contributed by atoms with Crippen molar-refractivity contribution in [3.63, 3.8) is 0 Å². The highest BCUT2D eigenvalue weighted by Crippen LogP contribution is 2.32. The van der Waals surface area contributed by atoms with E-state index < -0.39 is 0 Å². The van der Waals surface area contributed by atoms with E-state index in [0.717, 1.165) is 43.8 Å². The molecule has 0 aliphatic rings. The number of halogens is 1. The molecule has 0 aliphatic carbocycles. The van der Waals surface area contributed by atoms with Gasteiger partial charge in [0.2, 0.25) is 5.88 Å². The number of hydrogen-bond donors (Lipinski definition) is 1. The fraction of sp³-hybridized carbons (Fsp3) is 0.0800. The van der Waals surface area contributed by atoms with Crippen LogP contribution in [-0.2, 0) is 6.42 Å². The molecule has 152 valence electrons. The number of nitrogens with zero attached hydrogens (tertiary/aromatic N) is 3. The second kappa shape index (κ2) is 8.32. The number of methoxy groups -OCH3 is 1. The number of aromatic nitrogens is 4. The SMILES string of the molecule is COc1cccc(-c2[nH]c(Cc3ccc(Br)cc3)nc2-c2ccc3ncccc3c2)n1. The Kier molecular flexibility index (Phi) is 5.22. The van der Waals surface area contributed by atoms with Gasteiger partial charge in [-0.15, -0.1) is 0 Å². The number of H-pyrrole nitrogens is 1. The number of nitrogens with one attached hydrogen (secondary N) is 1. The molecule has 0 saturated heterocycles. The van der Waals surface area contributed by atoms with E-state index in [0.29, 0.717) is 12.3 Å². The second-order valence-electron chi connectivity index (χ2n) is 7.19. The first-order valence-electron chi connectivity index (χ1n) is 9.89. The molecule has 5 rings (SSSR count). The maximum Gasteiger partial charge on any atom is 0.213 e. The Morgan fingerprint density at radius 2 is 1.81 bits per heavy atom. The number of ether oxygens (including phenoxy) is 1. The lowest BCUT2D eigenvalue weighted by molar-refractivity contribution is 0.398. The van der Waals surface area contributed by atoms with E-state index in [-0.39, 0.29) is 0 Å². The van der Waals surface area contributed by atoms with E-state index in [1.807, 2.05) is 42.5 Å². The van der Waals surface area contributed by atoms with Gasteiger partial charge in [0.1, 0.15) is 5.82 Å². The molecule has 0 unspecified atom stereocenters. The molecular formula is C25H19BrN4O. The van der Waals surface area contributed by atoms with Gasteiger partial charge in [0.15, 0.2) is 0 Å². The van der Waals surface area contributed by atoms with Gasteiger partial charge in [0.25, 0.3) is 0 Å². The molecule has 5 aromatic rings. The maximum absolute atomic E-state index is 5.34. The summed E-state index contributed by atoms with van der Waals surface area (Å²) in [6, 6.07) is 24.2. The van der Waals surface area contributed by atoms with Gasteiger partial charge < -0.3 is 9.72 Å². The van der Waals surface area contributed by atoms with Crippen LogP contribution in [0.3, 0.4) is 0 Å². The van der Waals surface area contributed by atoms with Crippen LogP contribution in [-0.4, -0.2) is 27.0 Å². The maximum atomic E-state index is 5.34. The van der Waals surface area contributed by atoms with Crippen molar-refractivity contribution in [1.82, 2.24) is 19.9 Å². The molecule has 31 heavy (non-hydrogen) atoms. The average Bonchev–Trinajstić information content (AvgIpc) is 3.24. The molecule has 1 N–H and O–H groups in total. The Morgan fingerprint density at radius 3 is 2.65 bits per heavy atom. The van der Waals surface area contributed by atoms with E-state index in [1.54, 1.807) is 13.3 Å². The molecule has 0 aliphatic heterocycles. The molecule has 3 aromatic heterocycles. The minimum Gasteiger partial charge on any atom is -0.481 e. The van der Waals surface area contributed by atoms with Crippen molar-refractivity contribution in [2.24, 2.45) is 0 Å². The standard InChI is InChI=1S/C25H19BrN4O/c1-31-23-6-2-5-21(28-23)25-24(18-9-12-20-17(15-18)4-3-13-27-20)29-22(30-25)14-16-7-10-19(26)11-8-16/h2-13,15H,14H2,1H3,(H,29,30). The Hall–Kier alpha value is -3.51. The Labute approximate surface area is 188 Å². The van der Waals surface area contributed by atoms with Crippen LogP contribution in [0.5, 0.6) is 5.88 Å². The summed E-state index contributed by atoms with van der Waals surface area (Å²) in [5.74, 6) is 1.44. The highest BCUT2D eigenvalue weighted by atomic mass is 79.9. The molecule has 0 spiro atoms. The normalized spacial score (nSPS) is 11.0. The molecule has 0 atom stereocenters. The highest BCUT2D eigenvalue weighted by molar-refractivity contribution is 9.10. The van der Waals surface area contributed by atoms with Gasteiger partial charge in [0.05, 0.1) is 29.7 Å². The van der Waals surface area contributed by atoms with Crippen molar-refractivity contribution < 1.29 is 4.74 Å². The summed E-state index contributed by atoms with van der Waals surface area (Å²) >= 11 is 3.49. The largest absolute Gasteiger partial charge is 0.481 e. The molecule has 0 fully saturated rings. The topological polar surface area (TPSA) is 63.7 Å². The summed E-state index contributed by atoms with van der Waals surface area (Å²) in [7, 11) is 1.62. The van der Waals surface area contributed by atoms with Crippen LogP contribution in [0.2, 0.25) is 0 Å². The summed E-state index contributed by atoms with van der Waals surface area (Å²) in [5, 5.41) is 1.07. The molecule has 3 heterocycles. The van der Waals surface area contributed by atoms with Gasteiger partial charge >= 0.3 is 0 Å². The predicted octanol–water partition coefficient (Wildman–Crippen LogP) is 6.05. The van der Waals surface area contributed by atoms with Gasteiger partial charge in [-0.3, -0.25) is 4.98 Å². The van der Waals surface area contributed by atoms with Crippen molar-refractivity contribution in [3.8, 4) is 28.5 Å². The summed E-state index contributed by atoms with van der Waals surface area (Å²) in [4.78, 5) is 17.5. The lowest BCUT2D eigenvalue weighted by Crippen LogP contribution is -1.92. The van der Waals surface area contributed by atoms with Gasteiger partial charge in [-0.25, -0.2) is 9.97 Å². The quantitative estimate of drug-likeness (QED) is 0.339. The third kappa shape index (κ3) is 4.07. The van der Waals surface area contributed by atoms with Gasteiger partial charge in [-0.05, 0) is 42.0 Å². The van der Waals surface area contributed by atoms with Crippen molar-refractivity contribution in [1.29, 1.82) is 0 Å². The first-order chi connectivity index (χ1) is 15.2. The van der Waals surface area contributed by atoms with Crippen molar-refractivity contribution in [2.45, 2.75) is 6.42 Å². The molecule has 0 saturated carbocycles. The molecule has 0 radical (unpaired) electrons. The Bertz CT molecular complexity index is 1360. The van der Waals surface area contributed by atoms with Gasteiger partial charge in [0, 0.05) is 34.1 Å². The number of rotatable bonds is 5. The molecule has 2 aromatic carbocycles. The van der Waals surface area contributed by atoms with Crippen LogP contribution >= 0.6 is 15.9 Å². The van der Waals surface area contributed by atoms with Crippen LogP contribution in [0, 0.1) is 0 Å². The zero-order chi connectivity index (χ0) is 21.2. The summed E-state index contributed by atoms with van der Waals surface area (Å²) in [6.45, 7) is 0. The van der Waals surface area contributed by atoms with Crippen LogP contribution in [0.15, 0.2) is 83.5 Å². The summed E-state index contributed by atoms with van der Waals surface area (Å²) in [6.07, 6.45) is 2.50. The number of benzene rings is 2. The molecule has 6 heteroatoms. The zero-order valence-electron chi connectivity index (χ0n) is 16.8. The van der Waals surface area contributed by atoms with Gasteiger partial charge in [-0.2, -0.15) is 0 Å². The minimum absolute atomic E-state index is 0.565. The van der Waals surface area contributed by atoms with Crippen LogP contribution in [0.4, 0.5) is 0 Å². The van der Waals surface area contributed by atoms with Crippen molar-refractivity contribution in [3.05, 3.63) is 94.9 Å². The van der Waals surface area contributed by atoms with Crippen LogP contribution in [0.25, 0.3) is 33.5 Å². The molecule has 0 amide bonds. The first kappa shape index (κ1) is 19.5. The minimum atomic E-state index is 0.565. The third-order valence-electron chi connectivity index (χ3n) is 5.10.